The third-order valence-electron chi connectivity index (χ3n) is 6.69. The van der Waals surface area contributed by atoms with E-state index in [0.717, 1.165) is 22.5 Å². The maximum atomic E-state index is 13.9. The Labute approximate surface area is 199 Å². The highest BCUT2D eigenvalue weighted by Crippen LogP contribution is 2.48. The monoisotopic (exact) mass is 455 g/mol. The number of allylic oxidation sites excluding steroid dienone is 1. The van der Waals surface area contributed by atoms with E-state index in [9.17, 15) is 9.59 Å². The van der Waals surface area contributed by atoms with Crippen LogP contribution in [0.15, 0.2) is 76.5 Å². The van der Waals surface area contributed by atoms with Crippen molar-refractivity contribution in [3.05, 3.63) is 89.0 Å². The van der Waals surface area contributed by atoms with Gasteiger partial charge in [0, 0.05) is 23.4 Å². The molecule has 174 valence electrons. The minimum atomic E-state index is -0.684. The molecular weight excluding hydrogens is 426 g/mol. The van der Waals surface area contributed by atoms with Gasteiger partial charge in [0.2, 0.25) is 0 Å². The largest absolute Gasteiger partial charge is 0.467 e. The Kier molecular flexibility index (Phi) is 5.31. The summed E-state index contributed by atoms with van der Waals surface area (Å²) in [5.41, 5.74) is 5.66. The van der Waals surface area contributed by atoms with E-state index in [1.54, 1.807) is 17.2 Å². The fraction of sp³-hybridized carbons (Fsp3) is 0.286. The molecule has 2 heterocycles. The second-order valence-electron chi connectivity index (χ2n) is 9.99. The number of amides is 2. The van der Waals surface area contributed by atoms with Crippen LogP contribution >= 0.6 is 0 Å². The van der Waals surface area contributed by atoms with Gasteiger partial charge in [0.15, 0.2) is 5.78 Å². The molecule has 0 unspecified atom stereocenters. The Balaban J connectivity index is 1.67. The van der Waals surface area contributed by atoms with Crippen LogP contribution in [0.2, 0.25) is 0 Å². The number of aryl methyl sites for hydroxylation is 2. The van der Waals surface area contributed by atoms with Crippen LogP contribution in [0.25, 0.3) is 0 Å². The van der Waals surface area contributed by atoms with Gasteiger partial charge < -0.3 is 15.1 Å². The summed E-state index contributed by atoms with van der Waals surface area (Å²) in [6.45, 7) is 8.24. The van der Waals surface area contributed by atoms with Gasteiger partial charge in [-0.25, -0.2) is 4.79 Å². The minimum absolute atomic E-state index is 0.0249. The summed E-state index contributed by atoms with van der Waals surface area (Å²) >= 11 is 0. The van der Waals surface area contributed by atoms with Gasteiger partial charge in [-0.05, 0) is 73.2 Å². The summed E-state index contributed by atoms with van der Waals surface area (Å²) in [4.78, 5) is 29.1. The molecule has 1 atom stereocenters. The Morgan fingerprint density at radius 1 is 1.06 bits per heavy atom. The fourth-order valence-electron chi connectivity index (χ4n) is 4.93. The van der Waals surface area contributed by atoms with Crippen LogP contribution in [0.1, 0.15) is 49.6 Å². The molecule has 0 saturated carbocycles. The lowest BCUT2D eigenvalue weighted by Gasteiger charge is -2.36. The van der Waals surface area contributed by atoms with Gasteiger partial charge in [-0.3, -0.25) is 9.69 Å². The average molecular weight is 456 g/mol. The fourth-order valence-corrected chi connectivity index (χ4v) is 4.93. The molecule has 2 N–H and O–H groups in total. The summed E-state index contributed by atoms with van der Waals surface area (Å²) < 4.78 is 5.82. The number of carbonyl (C=O) groups excluding carboxylic acids is 2. The maximum absolute atomic E-state index is 13.9. The summed E-state index contributed by atoms with van der Waals surface area (Å²) in [5, 5.41) is 6.55. The number of furan rings is 1. The third-order valence-corrected chi connectivity index (χ3v) is 6.69. The zero-order valence-corrected chi connectivity index (χ0v) is 19.9. The lowest BCUT2D eigenvalue weighted by molar-refractivity contribution is -0.118. The van der Waals surface area contributed by atoms with E-state index < -0.39 is 6.04 Å². The molecule has 2 amide bonds. The van der Waals surface area contributed by atoms with E-state index in [-0.39, 0.29) is 17.2 Å². The van der Waals surface area contributed by atoms with Crippen LogP contribution in [-0.4, -0.2) is 11.8 Å². The van der Waals surface area contributed by atoms with Crippen LogP contribution in [-0.2, 0) is 4.79 Å². The molecular formula is C28H29N3O3. The molecule has 0 saturated heterocycles. The normalized spacial score (nSPS) is 19.1. The summed E-state index contributed by atoms with van der Waals surface area (Å²) in [6, 6.07) is 16.1. The minimum Gasteiger partial charge on any atom is -0.467 e. The molecule has 0 bridgehead atoms. The first kappa shape index (κ1) is 22.0. The summed E-state index contributed by atoms with van der Waals surface area (Å²) in [7, 11) is 0. The number of Topliss-reactive ketones (excluding diaryl/α,β-unsaturated/α-hetero) is 1. The summed E-state index contributed by atoms with van der Waals surface area (Å²) in [6.07, 6.45) is 2.69. The van der Waals surface area contributed by atoms with Crippen molar-refractivity contribution >= 4 is 28.9 Å². The number of nitrogens with zero attached hydrogens (tertiary/aromatic N) is 1. The first-order valence-electron chi connectivity index (χ1n) is 11.6. The summed E-state index contributed by atoms with van der Waals surface area (Å²) in [5.74, 6) is 0.575. The average Bonchev–Trinajstić information content (AvgIpc) is 3.25. The van der Waals surface area contributed by atoms with E-state index in [4.69, 9.17) is 4.42 Å². The Morgan fingerprint density at radius 2 is 1.85 bits per heavy atom. The van der Waals surface area contributed by atoms with Gasteiger partial charge in [-0.15, -0.1) is 0 Å². The van der Waals surface area contributed by atoms with Crippen molar-refractivity contribution in [2.24, 2.45) is 5.41 Å². The molecule has 0 radical (unpaired) electrons. The number of anilines is 3. The van der Waals surface area contributed by atoms with Crippen LogP contribution in [0.4, 0.5) is 21.9 Å². The quantitative estimate of drug-likeness (QED) is 0.448. The third kappa shape index (κ3) is 3.89. The van der Waals surface area contributed by atoms with Gasteiger partial charge in [-0.2, -0.15) is 0 Å². The molecule has 1 aliphatic carbocycles. The molecule has 1 aromatic heterocycles. The number of ketones is 1. The predicted octanol–water partition coefficient (Wildman–Crippen LogP) is 6.74. The van der Waals surface area contributed by atoms with Gasteiger partial charge in [0.05, 0.1) is 17.6 Å². The highest BCUT2D eigenvalue weighted by atomic mass is 16.3. The lowest BCUT2D eigenvalue weighted by Crippen LogP contribution is -2.41. The van der Waals surface area contributed by atoms with Gasteiger partial charge >= 0.3 is 6.03 Å². The zero-order valence-electron chi connectivity index (χ0n) is 19.9. The standard InChI is InChI=1S/C28H29N3O3/c1-17-11-12-19(14-18(17)2)29-27(33)31-22-9-6-5-8-20(22)30-21-15-28(3,4)16-23(32)25(21)26(31)24-10-7-13-34-24/h5-14,26,30H,15-16H2,1-4H3,(H,29,33)/t26-/m0/s1. The number of hydrogen-bond acceptors (Lipinski definition) is 4. The number of nitrogens with one attached hydrogen (secondary N) is 2. The van der Waals surface area contributed by atoms with Crippen molar-refractivity contribution in [3.8, 4) is 0 Å². The molecule has 1 aliphatic heterocycles. The second kappa shape index (κ2) is 8.20. The van der Waals surface area contributed by atoms with Crippen molar-refractivity contribution in [2.45, 2.75) is 46.6 Å². The number of urea groups is 1. The topological polar surface area (TPSA) is 74.6 Å². The van der Waals surface area contributed by atoms with E-state index in [2.05, 4.69) is 24.5 Å². The molecule has 2 aliphatic rings. The van der Waals surface area contributed by atoms with E-state index in [0.29, 0.717) is 35.5 Å². The zero-order chi connectivity index (χ0) is 24.0. The molecule has 5 rings (SSSR count). The highest BCUT2D eigenvalue weighted by Gasteiger charge is 2.44. The highest BCUT2D eigenvalue weighted by molar-refractivity contribution is 6.09. The van der Waals surface area contributed by atoms with Gasteiger partial charge in [-0.1, -0.05) is 32.0 Å². The molecule has 3 aromatic rings. The maximum Gasteiger partial charge on any atom is 0.327 e. The lowest BCUT2D eigenvalue weighted by atomic mass is 9.74. The number of hydrogen-bond donors (Lipinski definition) is 2. The molecule has 2 aromatic carbocycles. The van der Waals surface area contributed by atoms with Crippen molar-refractivity contribution in [1.29, 1.82) is 0 Å². The van der Waals surface area contributed by atoms with E-state index in [1.807, 2.05) is 62.4 Å². The van der Waals surface area contributed by atoms with Crippen molar-refractivity contribution < 1.29 is 14.0 Å². The van der Waals surface area contributed by atoms with Gasteiger partial charge in [0.25, 0.3) is 0 Å². The first-order valence-corrected chi connectivity index (χ1v) is 11.6. The molecule has 6 nitrogen and oxygen atoms in total. The van der Waals surface area contributed by atoms with Crippen molar-refractivity contribution in [1.82, 2.24) is 0 Å². The molecule has 6 heteroatoms. The van der Waals surface area contributed by atoms with E-state index >= 15 is 0 Å². The molecule has 0 fully saturated rings. The van der Waals surface area contributed by atoms with E-state index in [1.165, 1.54) is 0 Å². The van der Waals surface area contributed by atoms with Gasteiger partial charge in [0.1, 0.15) is 11.8 Å². The number of fused-ring (bicyclic) bond motifs is 1. The second-order valence-corrected chi connectivity index (χ2v) is 9.99. The predicted molar refractivity (Wildman–Crippen MR) is 134 cm³/mol. The Morgan fingerprint density at radius 3 is 2.59 bits per heavy atom. The number of carbonyl (C=O) groups is 2. The Bertz CT molecular complexity index is 1300. The molecule has 0 spiro atoms. The van der Waals surface area contributed by atoms with Crippen molar-refractivity contribution in [3.63, 3.8) is 0 Å². The number of para-hydroxylation sites is 2. The van der Waals surface area contributed by atoms with Crippen LogP contribution in [0.3, 0.4) is 0 Å². The van der Waals surface area contributed by atoms with Crippen molar-refractivity contribution in [2.75, 3.05) is 15.5 Å². The SMILES string of the molecule is Cc1ccc(NC(=O)N2c3ccccc3NC3=C(C(=O)CC(C)(C)C3)[C@@H]2c2ccco2)cc1C. The molecule has 34 heavy (non-hydrogen) atoms. The smallest absolute Gasteiger partial charge is 0.327 e. The number of rotatable bonds is 2. The first-order chi connectivity index (χ1) is 16.2. The number of benzene rings is 2. The Hall–Kier alpha value is -3.80. The van der Waals surface area contributed by atoms with Crippen LogP contribution in [0, 0.1) is 19.3 Å². The van der Waals surface area contributed by atoms with Crippen LogP contribution in [0.5, 0.6) is 0 Å². The van der Waals surface area contributed by atoms with Crippen LogP contribution < -0.4 is 15.5 Å².